The molecule has 0 unspecified atom stereocenters. The van der Waals surface area contributed by atoms with E-state index in [-0.39, 0.29) is 11.6 Å². The Kier molecular flexibility index (Phi) is 1.93. The number of hydrogen-bond donors (Lipinski definition) is 3. The topological polar surface area (TPSA) is 106 Å². The van der Waals surface area contributed by atoms with Crippen molar-refractivity contribution >= 4 is 23.3 Å². The summed E-state index contributed by atoms with van der Waals surface area (Å²) in [5.41, 5.74) is 6.27. The molecule has 0 atom stereocenters. The zero-order valence-corrected chi connectivity index (χ0v) is 7.93. The smallest absolute Gasteiger partial charge is 0.356 e. The van der Waals surface area contributed by atoms with Gasteiger partial charge in [0, 0.05) is 7.05 Å². The number of aromatic carboxylic acids is 1. The third kappa shape index (κ3) is 1.33. The largest absolute Gasteiger partial charge is 0.476 e. The molecule has 15 heavy (non-hydrogen) atoms. The fourth-order valence-corrected chi connectivity index (χ4v) is 1.37. The number of aromatic nitrogens is 3. The maximum atomic E-state index is 11.0. The Bertz CT molecular complexity index is 533. The molecule has 0 aliphatic carbocycles. The van der Waals surface area contributed by atoms with Crippen LogP contribution in [0.2, 0.25) is 0 Å². The Morgan fingerprint density at radius 2 is 2.33 bits per heavy atom. The number of carbonyl (C=O) groups is 1. The fraction of sp³-hybridized carbons (Fsp3) is 0.125. The van der Waals surface area contributed by atoms with Gasteiger partial charge in [-0.05, 0) is 12.1 Å². The summed E-state index contributed by atoms with van der Waals surface area (Å²) in [5, 5.41) is 15.6. The van der Waals surface area contributed by atoms with Crippen molar-refractivity contribution in [2.75, 3.05) is 18.1 Å². The standard InChI is InChI=1S/C8H9N5O2/c1-10-4-2-3-5-11-8(9)12-13(5)6(4)7(14)15/h2-3,10H,1H3,(H2,9,12)(H,14,15). The molecular weight excluding hydrogens is 198 g/mol. The molecule has 0 bridgehead atoms. The summed E-state index contributed by atoms with van der Waals surface area (Å²) in [6.07, 6.45) is 0. The molecule has 78 valence electrons. The molecule has 7 nitrogen and oxygen atoms in total. The van der Waals surface area contributed by atoms with Crippen LogP contribution >= 0.6 is 0 Å². The highest BCUT2D eigenvalue weighted by Gasteiger charge is 2.16. The van der Waals surface area contributed by atoms with Gasteiger partial charge in [0.15, 0.2) is 11.3 Å². The molecule has 0 aliphatic heterocycles. The highest BCUT2D eigenvalue weighted by Crippen LogP contribution is 2.17. The first-order chi connectivity index (χ1) is 7.13. The Morgan fingerprint density at radius 1 is 1.60 bits per heavy atom. The van der Waals surface area contributed by atoms with Crippen molar-refractivity contribution in [3.63, 3.8) is 0 Å². The molecule has 4 N–H and O–H groups in total. The van der Waals surface area contributed by atoms with Crippen molar-refractivity contribution < 1.29 is 9.90 Å². The molecule has 7 heteroatoms. The number of carboxylic acids is 1. The van der Waals surface area contributed by atoms with Crippen LogP contribution in [0.25, 0.3) is 5.65 Å². The van der Waals surface area contributed by atoms with E-state index in [1.165, 1.54) is 4.52 Å². The maximum absolute atomic E-state index is 11.0. The normalized spacial score (nSPS) is 10.5. The molecule has 0 amide bonds. The van der Waals surface area contributed by atoms with Crippen LogP contribution in [0.5, 0.6) is 0 Å². The van der Waals surface area contributed by atoms with E-state index in [1.54, 1.807) is 19.2 Å². The molecule has 2 rings (SSSR count). The van der Waals surface area contributed by atoms with Gasteiger partial charge in [0.2, 0.25) is 5.95 Å². The van der Waals surface area contributed by atoms with Crippen molar-refractivity contribution in [2.45, 2.75) is 0 Å². The van der Waals surface area contributed by atoms with E-state index in [4.69, 9.17) is 10.8 Å². The van der Waals surface area contributed by atoms with Gasteiger partial charge in [0.1, 0.15) is 0 Å². The number of nitrogens with zero attached hydrogens (tertiary/aromatic N) is 3. The van der Waals surface area contributed by atoms with Crippen LogP contribution in [0.15, 0.2) is 12.1 Å². The van der Waals surface area contributed by atoms with Crippen LogP contribution in [0, 0.1) is 0 Å². The average molecular weight is 207 g/mol. The number of hydrogen-bond acceptors (Lipinski definition) is 5. The summed E-state index contributed by atoms with van der Waals surface area (Å²) in [6.45, 7) is 0. The molecule has 0 radical (unpaired) electrons. The Balaban J connectivity index is 2.83. The lowest BCUT2D eigenvalue weighted by atomic mass is 10.3. The Hall–Kier alpha value is -2.31. The molecule has 2 aromatic heterocycles. The first kappa shape index (κ1) is 9.25. The molecule has 0 aromatic carbocycles. The zero-order chi connectivity index (χ0) is 11.0. The van der Waals surface area contributed by atoms with Gasteiger partial charge < -0.3 is 16.2 Å². The third-order valence-electron chi connectivity index (χ3n) is 1.99. The van der Waals surface area contributed by atoms with Crippen LogP contribution in [0.1, 0.15) is 10.5 Å². The van der Waals surface area contributed by atoms with Crippen molar-refractivity contribution in [3.05, 3.63) is 17.8 Å². The number of fused-ring (bicyclic) bond motifs is 1. The zero-order valence-electron chi connectivity index (χ0n) is 7.93. The number of nitrogen functional groups attached to an aromatic ring is 1. The van der Waals surface area contributed by atoms with Gasteiger partial charge >= 0.3 is 5.97 Å². The second-order valence-corrected chi connectivity index (χ2v) is 2.89. The monoisotopic (exact) mass is 207 g/mol. The lowest BCUT2D eigenvalue weighted by Crippen LogP contribution is -2.10. The summed E-state index contributed by atoms with van der Waals surface area (Å²) in [7, 11) is 1.63. The summed E-state index contributed by atoms with van der Waals surface area (Å²) in [4.78, 5) is 14.9. The van der Waals surface area contributed by atoms with E-state index in [9.17, 15) is 4.79 Å². The molecule has 2 aromatic rings. The molecule has 0 spiro atoms. The number of rotatable bonds is 2. The quantitative estimate of drug-likeness (QED) is 0.642. The minimum Gasteiger partial charge on any atom is -0.476 e. The van der Waals surface area contributed by atoms with Gasteiger partial charge in [-0.25, -0.2) is 9.31 Å². The van der Waals surface area contributed by atoms with Gasteiger partial charge in [-0.15, -0.1) is 5.10 Å². The highest BCUT2D eigenvalue weighted by atomic mass is 16.4. The molecule has 2 heterocycles. The van der Waals surface area contributed by atoms with E-state index in [0.717, 1.165) is 0 Å². The van der Waals surface area contributed by atoms with Gasteiger partial charge in [0.25, 0.3) is 0 Å². The van der Waals surface area contributed by atoms with E-state index >= 15 is 0 Å². The summed E-state index contributed by atoms with van der Waals surface area (Å²) >= 11 is 0. The van der Waals surface area contributed by atoms with Crippen molar-refractivity contribution in [3.8, 4) is 0 Å². The van der Waals surface area contributed by atoms with Crippen LogP contribution in [-0.2, 0) is 0 Å². The summed E-state index contributed by atoms with van der Waals surface area (Å²) in [6, 6.07) is 3.26. The summed E-state index contributed by atoms with van der Waals surface area (Å²) in [5.74, 6) is -1.04. The van der Waals surface area contributed by atoms with Gasteiger partial charge in [-0.1, -0.05) is 0 Å². The van der Waals surface area contributed by atoms with E-state index in [0.29, 0.717) is 11.3 Å². The number of nitrogens with one attached hydrogen (secondary N) is 1. The second-order valence-electron chi connectivity index (χ2n) is 2.89. The summed E-state index contributed by atoms with van der Waals surface area (Å²) < 4.78 is 1.20. The average Bonchev–Trinajstić information content (AvgIpc) is 2.55. The fourth-order valence-electron chi connectivity index (χ4n) is 1.37. The van der Waals surface area contributed by atoms with E-state index in [1.807, 2.05) is 0 Å². The lowest BCUT2D eigenvalue weighted by molar-refractivity contribution is 0.0688. The second kappa shape index (κ2) is 3.12. The van der Waals surface area contributed by atoms with E-state index < -0.39 is 5.97 Å². The van der Waals surface area contributed by atoms with Crippen molar-refractivity contribution in [2.24, 2.45) is 0 Å². The number of carboxylic acid groups (broad SMARTS) is 1. The van der Waals surface area contributed by atoms with Crippen LogP contribution < -0.4 is 11.1 Å². The van der Waals surface area contributed by atoms with Crippen LogP contribution in [0.4, 0.5) is 11.6 Å². The van der Waals surface area contributed by atoms with Gasteiger partial charge in [-0.3, -0.25) is 0 Å². The maximum Gasteiger partial charge on any atom is 0.356 e. The molecule has 0 saturated carbocycles. The SMILES string of the molecule is CNc1ccc2nc(N)nn2c1C(=O)O. The molecular formula is C8H9N5O2. The van der Waals surface area contributed by atoms with Crippen LogP contribution in [-0.4, -0.2) is 32.7 Å². The Morgan fingerprint density at radius 3 is 2.93 bits per heavy atom. The van der Waals surface area contributed by atoms with Gasteiger partial charge in [-0.2, -0.15) is 4.98 Å². The first-order valence-electron chi connectivity index (χ1n) is 4.20. The lowest BCUT2D eigenvalue weighted by Gasteiger charge is -2.05. The number of anilines is 2. The van der Waals surface area contributed by atoms with Crippen molar-refractivity contribution in [1.82, 2.24) is 14.6 Å². The highest BCUT2D eigenvalue weighted by molar-refractivity contribution is 5.93. The molecule has 0 aliphatic rings. The minimum atomic E-state index is -1.09. The number of nitrogens with two attached hydrogens (primary N) is 1. The minimum absolute atomic E-state index is 0.0131. The first-order valence-corrected chi connectivity index (χ1v) is 4.20. The predicted molar refractivity (Wildman–Crippen MR) is 53.9 cm³/mol. The van der Waals surface area contributed by atoms with E-state index in [2.05, 4.69) is 15.4 Å². The van der Waals surface area contributed by atoms with Crippen molar-refractivity contribution in [1.29, 1.82) is 0 Å². The molecule has 0 fully saturated rings. The molecule has 0 saturated heterocycles. The predicted octanol–water partition coefficient (Wildman–Crippen LogP) is 0.0514. The Labute approximate surface area is 84.5 Å². The van der Waals surface area contributed by atoms with Crippen LogP contribution in [0.3, 0.4) is 0 Å². The third-order valence-corrected chi connectivity index (χ3v) is 1.99. The van der Waals surface area contributed by atoms with Gasteiger partial charge in [0.05, 0.1) is 5.69 Å². The number of pyridine rings is 1.